The molecular weight excluding hydrogens is 430 g/mol. The first-order chi connectivity index (χ1) is 15.3. The van der Waals surface area contributed by atoms with Crippen LogP contribution in [0.15, 0.2) is 41.8 Å². The fourth-order valence-corrected chi connectivity index (χ4v) is 3.45. The fraction of sp³-hybridized carbons (Fsp3) is 0.304. The van der Waals surface area contributed by atoms with Gasteiger partial charge >= 0.3 is 5.97 Å². The number of thiazole rings is 1. The molecule has 0 radical (unpaired) electrons. The van der Waals surface area contributed by atoms with Gasteiger partial charge in [0.1, 0.15) is 5.75 Å². The second kappa shape index (κ2) is 10.7. The van der Waals surface area contributed by atoms with Crippen molar-refractivity contribution in [1.82, 2.24) is 9.97 Å². The lowest BCUT2D eigenvalue weighted by molar-refractivity contribution is -0.142. The summed E-state index contributed by atoms with van der Waals surface area (Å²) >= 11 is 1.23. The molecule has 9 heteroatoms. The van der Waals surface area contributed by atoms with Crippen LogP contribution in [0.3, 0.4) is 0 Å². The zero-order chi connectivity index (χ0) is 23.1. The number of amides is 1. The number of anilines is 1. The Labute approximate surface area is 190 Å². The third kappa shape index (κ3) is 6.78. The number of hydrogen-bond donors (Lipinski definition) is 1. The van der Waals surface area contributed by atoms with Gasteiger partial charge in [0, 0.05) is 17.5 Å². The zero-order valence-electron chi connectivity index (χ0n) is 18.4. The van der Waals surface area contributed by atoms with E-state index in [2.05, 4.69) is 15.3 Å². The van der Waals surface area contributed by atoms with Crippen molar-refractivity contribution < 1.29 is 23.8 Å². The van der Waals surface area contributed by atoms with Crippen molar-refractivity contribution in [1.29, 1.82) is 0 Å². The highest BCUT2D eigenvalue weighted by molar-refractivity contribution is 7.14. The van der Waals surface area contributed by atoms with Gasteiger partial charge in [0.05, 0.1) is 30.4 Å². The Morgan fingerprint density at radius 2 is 1.91 bits per heavy atom. The maximum atomic E-state index is 12.9. The van der Waals surface area contributed by atoms with Gasteiger partial charge in [-0.3, -0.25) is 14.9 Å². The second-order valence-corrected chi connectivity index (χ2v) is 8.06. The number of rotatable bonds is 9. The smallest absolute Gasteiger partial charge is 0.311 e. The molecule has 0 aliphatic rings. The lowest BCUT2D eigenvalue weighted by Crippen LogP contribution is -2.14. The van der Waals surface area contributed by atoms with E-state index in [0.717, 1.165) is 5.56 Å². The van der Waals surface area contributed by atoms with Crippen LogP contribution in [0, 0.1) is 6.92 Å². The van der Waals surface area contributed by atoms with Gasteiger partial charge in [-0.2, -0.15) is 4.98 Å². The van der Waals surface area contributed by atoms with Gasteiger partial charge in [-0.15, -0.1) is 11.3 Å². The normalized spacial score (nSPS) is 10.7. The van der Waals surface area contributed by atoms with Gasteiger partial charge in [-0.1, -0.05) is 12.1 Å². The summed E-state index contributed by atoms with van der Waals surface area (Å²) in [5.74, 6) is 0.359. The van der Waals surface area contributed by atoms with Crippen LogP contribution in [0.4, 0.5) is 5.13 Å². The van der Waals surface area contributed by atoms with E-state index in [1.807, 2.05) is 45.0 Å². The summed E-state index contributed by atoms with van der Waals surface area (Å²) in [4.78, 5) is 33.1. The predicted molar refractivity (Wildman–Crippen MR) is 122 cm³/mol. The standard InChI is InChI=1S/C23H25N3O5S/c1-5-29-21(27)12-17-13-32-23(24-17)26-22(28)16-10-19(30-14(2)3)25-20(11-16)31-18-8-6-7-15(4)9-18/h6-11,13-14H,5,12H2,1-4H3,(H,24,26,28). The molecule has 0 saturated heterocycles. The van der Waals surface area contributed by atoms with E-state index in [-0.39, 0.29) is 30.3 Å². The Hall–Kier alpha value is -3.46. The molecule has 32 heavy (non-hydrogen) atoms. The minimum Gasteiger partial charge on any atom is -0.475 e. The number of carbonyl (C=O) groups is 2. The molecule has 1 amide bonds. The Morgan fingerprint density at radius 3 is 2.62 bits per heavy atom. The van der Waals surface area contributed by atoms with Gasteiger partial charge in [0.15, 0.2) is 5.13 Å². The van der Waals surface area contributed by atoms with E-state index >= 15 is 0 Å². The van der Waals surface area contributed by atoms with Crippen molar-refractivity contribution in [2.45, 2.75) is 40.2 Å². The molecule has 0 bridgehead atoms. The van der Waals surface area contributed by atoms with Gasteiger partial charge in [-0.25, -0.2) is 4.98 Å². The summed E-state index contributed by atoms with van der Waals surface area (Å²) < 4.78 is 16.5. The number of aryl methyl sites for hydroxylation is 1. The quantitative estimate of drug-likeness (QED) is 0.463. The molecular formula is C23H25N3O5S. The topological polar surface area (TPSA) is 99.6 Å². The molecule has 8 nitrogen and oxygen atoms in total. The van der Waals surface area contributed by atoms with Crippen molar-refractivity contribution in [3.05, 3.63) is 58.6 Å². The molecule has 2 aromatic heterocycles. The first-order valence-corrected chi connectivity index (χ1v) is 11.0. The molecule has 1 N–H and O–H groups in total. The van der Waals surface area contributed by atoms with Crippen LogP contribution < -0.4 is 14.8 Å². The monoisotopic (exact) mass is 455 g/mol. The Kier molecular flexibility index (Phi) is 7.77. The molecule has 3 aromatic rings. The molecule has 0 fully saturated rings. The molecule has 0 spiro atoms. The van der Waals surface area contributed by atoms with Crippen molar-refractivity contribution in [2.24, 2.45) is 0 Å². The Morgan fingerprint density at radius 1 is 1.12 bits per heavy atom. The third-order valence-electron chi connectivity index (χ3n) is 4.01. The summed E-state index contributed by atoms with van der Waals surface area (Å²) in [5, 5.41) is 4.82. The number of carbonyl (C=O) groups excluding carboxylic acids is 2. The number of aromatic nitrogens is 2. The van der Waals surface area contributed by atoms with Gasteiger partial charge in [0.25, 0.3) is 5.91 Å². The van der Waals surface area contributed by atoms with Crippen LogP contribution in [0.2, 0.25) is 0 Å². The second-order valence-electron chi connectivity index (χ2n) is 7.20. The highest BCUT2D eigenvalue weighted by Gasteiger charge is 2.16. The number of ether oxygens (including phenoxy) is 3. The number of esters is 1. The summed E-state index contributed by atoms with van der Waals surface area (Å²) in [6, 6.07) is 10.6. The van der Waals surface area contributed by atoms with E-state index in [1.165, 1.54) is 17.4 Å². The van der Waals surface area contributed by atoms with Crippen molar-refractivity contribution in [2.75, 3.05) is 11.9 Å². The Bertz CT molecular complexity index is 1100. The molecule has 168 valence electrons. The van der Waals surface area contributed by atoms with Gasteiger partial charge < -0.3 is 14.2 Å². The molecule has 0 saturated carbocycles. The average molecular weight is 456 g/mol. The summed E-state index contributed by atoms with van der Waals surface area (Å²) in [6.07, 6.45) is -0.0758. The van der Waals surface area contributed by atoms with Crippen LogP contribution in [0.5, 0.6) is 17.5 Å². The lowest BCUT2D eigenvalue weighted by atomic mass is 10.2. The highest BCUT2D eigenvalue weighted by Crippen LogP contribution is 2.26. The van der Waals surface area contributed by atoms with Crippen LogP contribution in [-0.4, -0.2) is 34.6 Å². The fourth-order valence-electron chi connectivity index (χ4n) is 2.74. The van der Waals surface area contributed by atoms with Crippen LogP contribution >= 0.6 is 11.3 Å². The maximum Gasteiger partial charge on any atom is 0.311 e. The molecule has 1 aromatic carbocycles. The average Bonchev–Trinajstić information content (AvgIpc) is 3.14. The van der Waals surface area contributed by atoms with Crippen molar-refractivity contribution >= 4 is 28.3 Å². The number of hydrogen-bond acceptors (Lipinski definition) is 8. The molecule has 0 aliphatic heterocycles. The van der Waals surface area contributed by atoms with Crippen molar-refractivity contribution in [3.8, 4) is 17.5 Å². The van der Waals surface area contributed by atoms with E-state index in [4.69, 9.17) is 14.2 Å². The van der Waals surface area contributed by atoms with E-state index in [9.17, 15) is 9.59 Å². The number of pyridine rings is 1. The van der Waals surface area contributed by atoms with E-state index in [0.29, 0.717) is 28.7 Å². The minimum atomic E-state index is -0.396. The van der Waals surface area contributed by atoms with Gasteiger partial charge in [0.2, 0.25) is 11.8 Å². The highest BCUT2D eigenvalue weighted by atomic mass is 32.1. The minimum absolute atomic E-state index is 0.0519. The molecule has 0 atom stereocenters. The molecule has 0 aliphatic carbocycles. The van der Waals surface area contributed by atoms with E-state index in [1.54, 1.807) is 18.4 Å². The first kappa shape index (κ1) is 23.2. The van der Waals surface area contributed by atoms with Crippen LogP contribution in [-0.2, 0) is 16.0 Å². The number of benzene rings is 1. The molecule has 2 heterocycles. The summed E-state index contributed by atoms with van der Waals surface area (Å²) in [5.41, 5.74) is 1.88. The SMILES string of the molecule is CCOC(=O)Cc1csc(NC(=O)c2cc(Oc3cccc(C)c3)nc(OC(C)C)c2)n1. The van der Waals surface area contributed by atoms with Crippen LogP contribution in [0.25, 0.3) is 0 Å². The maximum absolute atomic E-state index is 12.9. The molecule has 3 rings (SSSR count). The van der Waals surface area contributed by atoms with E-state index < -0.39 is 5.91 Å². The van der Waals surface area contributed by atoms with Crippen molar-refractivity contribution in [3.63, 3.8) is 0 Å². The van der Waals surface area contributed by atoms with Gasteiger partial charge in [-0.05, 0) is 45.4 Å². The predicted octanol–water partition coefficient (Wildman–Crippen LogP) is 4.78. The largest absolute Gasteiger partial charge is 0.475 e. The number of nitrogens with zero attached hydrogens (tertiary/aromatic N) is 2. The number of nitrogens with one attached hydrogen (secondary N) is 1. The molecule has 0 unspecified atom stereocenters. The first-order valence-electron chi connectivity index (χ1n) is 10.2. The lowest BCUT2D eigenvalue weighted by Gasteiger charge is -2.13. The third-order valence-corrected chi connectivity index (χ3v) is 4.82. The Balaban J connectivity index is 1.78. The summed E-state index contributed by atoms with van der Waals surface area (Å²) in [7, 11) is 0. The van der Waals surface area contributed by atoms with Crippen LogP contribution in [0.1, 0.15) is 42.4 Å². The zero-order valence-corrected chi connectivity index (χ0v) is 19.2. The summed E-state index contributed by atoms with van der Waals surface area (Å²) in [6.45, 7) is 7.75.